The van der Waals surface area contributed by atoms with Crippen molar-refractivity contribution in [2.45, 2.75) is 26.4 Å². The van der Waals surface area contributed by atoms with Crippen LogP contribution in [-0.4, -0.2) is 49.7 Å². The van der Waals surface area contributed by atoms with Gasteiger partial charge in [-0.25, -0.2) is 4.79 Å². The molecule has 1 aliphatic heterocycles. The summed E-state index contributed by atoms with van der Waals surface area (Å²) in [6.07, 6.45) is 0.471. The van der Waals surface area contributed by atoms with Crippen LogP contribution < -0.4 is 9.47 Å². The van der Waals surface area contributed by atoms with Crippen molar-refractivity contribution in [1.29, 1.82) is 0 Å². The summed E-state index contributed by atoms with van der Waals surface area (Å²) in [4.78, 5) is 24.3. The zero-order chi connectivity index (χ0) is 17.0. The summed E-state index contributed by atoms with van der Waals surface area (Å²) in [5.74, 6) is 1.38. The van der Waals surface area contributed by atoms with Crippen LogP contribution >= 0.6 is 0 Å². The molecule has 0 aromatic heterocycles. The van der Waals surface area contributed by atoms with E-state index >= 15 is 0 Å². The average Bonchev–Trinajstić information content (AvgIpc) is 2.43. The fourth-order valence-corrected chi connectivity index (χ4v) is 2.24. The molecule has 1 amide bonds. The van der Waals surface area contributed by atoms with Crippen molar-refractivity contribution >= 4 is 12.4 Å². The number of hydrogen-bond donors (Lipinski definition) is 0. The number of rotatable bonds is 5. The predicted octanol–water partition coefficient (Wildman–Crippen LogP) is 2.75. The van der Waals surface area contributed by atoms with Crippen molar-refractivity contribution in [3.8, 4) is 11.5 Å². The molecule has 1 saturated heterocycles. The zero-order valence-corrected chi connectivity index (χ0v) is 14.0. The Morgan fingerprint density at radius 1 is 1.30 bits per heavy atom. The molecule has 23 heavy (non-hydrogen) atoms. The van der Waals surface area contributed by atoms with Gasteiger partial charge in [0.15, 0.2) is 11.5 Å². The molecule has 0 unspecified atom stereocenters. The van der Waals surface area contributed by atoms with Crippen molar-refractivity contribution in [1.82, 2.24) is 4.90 Å². The Hall–Kier alpha value is -2.24. The minimum atomic E-state index is -0.480. The standard InChI is InChI=1S/C17H23NO5/c1-17(2,3)23-16(20)18-8-13(9-18)11-22-14-6-5-12(10-19)7-15(14)21-4/h5-7,10,13H,8-9,11H2,1-4H3. The van der Waals surface area contributed by atoms with Crippen LogP contribution in [0.2, 0.25) is 0 Å². The fourth-order valence-electron chi connectivity index (χ4n) is 2.24. The number of hydrogen-bond acceptors (Lipinski definition) is 5. The van der Waals surface area contributed by atoms with Gasteiger partial charge in [0.2, 0.25) is 0 Å². The highest BCUT2D eigenvalue weighted by Gasteiger charge is 2.34. The summed E-state index contributed by atoms with van der Waals surface area (Å²) in [6.45, 7) is 7.25. The van der Waals surface area contributed by atoms with Gasteiger partial charge in [-0.15, -0.1) is 0 Å². The summed E-state index contributed by atoms with van der Waals surface area (Å²) in [5.41, 5.74) is 0.0563. The van der Waals surface area contributed by atoms with Crippen molar-refractivity contribution in [3.05, 3.63) is 23.8 Å². The van der Waals surface area contributed by atoms with Crippen molar-refractivity contribution in [3.63, 3.8) is 0 Å². The molecule has 0 bridgehead atoms. The number of benzene rings is 1. The van der Waals surface area contributed by atoms with E-state index < -0.39 is 5.60 Å². The van der Waals surface area contributed by atoms with E-state index in [0.29, 0.717) is 36.8 Å². The number of carbonyl (C=O) groups is 2. The SMILES string of the molecule is COc1cc(C=O)ccc1OCC1CN(C(=O)OC(C)(C)C)C1. The molecule has 0 radical (unpaired) electrons. The molecular formula is C17H23NO5. The van der Waals surface area contributed by atoms with E-state index in [4.69, 9.17) is 14.2 Å². The topological polar surface area (TPSA) is 65.1 Å². The molecule has 1 aliphatic rings. The molecule has 6 heteroatoms. The molecule has 0 spiro atoms. The highest BCUT2D eigenvalue weighted by atomic mass is 16.6. The van der Waals surface area contributed by atoms with Crippen molar-refractivity contribution in [2.75, 3.05) is 26.8 Å². The molecule has 0 saturated carbocycles. The van der Waals surface area contributed by atoms with Crippen LogP contribution in [0.15, 0.2) is 18.2 Å². The van der Waals surface area contributed by atoms with E-state index in [1.807, 2.05) is 20.8 Å². The minimum absolute atomic E-state index is 0.262. The Labute approximate surface area is 136 Å². The molecule has 1 aromatic carbocycles. The molecule has 1 aromatic rings. The van der Waals surface area contributed by atoms with E-state index in [1.54, 1.807) is 23.1 Å². The second-order valence-corrected chi connectivity index (χ2v) is 6.59. The number of methoxy groups -OCH3 is 1. The summed E-state index contributed by atoms with van der Waals surface area (Å²) >= 11 is 0. The van der Waals surface area contributed by atoms with Gasteiger partial charge in [-0.3, -0.25) is 4.79 Å². The first-order valence-electron chi connectivity index (χ1n) is 7.56. The first-order chi connectivity index (χ1) is 10.8. The van der Waals surface area contributed by atoms with Gasteiger partial charge in [0.05, 0.1) is 13.7 Å². The lowest BCUT2D eigenvalue weighted by Gasteiger charge is -2.39. The first kappa shape index (κ1) is 17.1. The van der Waals surface area contributed by atoms with Crippen LogP contribution in [0.5, 0.6) is 11.5 Å². The number of likely N-dealkylation sites (tertiary alicyclic amines) is 1. The third-order valence-electron chi connectivity index (χ3n) is 3.41. The summed E-state index contributed by atoms with van der Waals surface area (Å²) in [5, 5.41) is 0. The number of aldehydes is 1. The second kappa shape index (κ2) is 6.89. The summed E-state index contributed by atoms with van der Waals surface area (Å²) in [6, 6.07) is 5.03. The van der Waals surface area contributed by atoms with Crippen LogP contribution in [0.1, 0.15) is 31.1 Å². The van der Waals surface area contributed by atoms with Gasteiger partial charge in [0.1, 0.15) is 11.9 Å². The third kappa shape index (κ3) is 4.61. The van der Waals surface area contributed by atoms with E-state index in [9.17, 15) is 9.59 Å². The van der Waals surface area contributed by atoms with Crippen LogP contribution in [0.3, 0.4) is 0 Å². The van der Waals surface area contributed by atoms with Crippen molar-refractivity contribution in [2.24, 2.45) is 5.92 Å². The molecule has 6 nitrogen and oxygen atoms in total. The third-order valence-corrected chi connectivity index (χ3v) is 3.41. The Kier molecular flexibility index (Phi) is 5.13. The van der Waals surface area contributed by atoms with Gasteiger partial charge in [0, 0.05) is 24.6 Å². The largest absolute Gasteiger partial charge is 0.493 e. The van der Waals surface area contributed by atoms with Crippen LogP contribution in [0.4, 0.5) is 4.79 Å². The molecular weight excluding hydrogens is 298 g/mol. The first-order valence-corrected chi connectivity index (χ1v) is 7.56. The second-order valence-electron chi connectivity index (χ2n) is 6.59. The number of ether oxygens (including phenoxy) is 3. The number of carbonyl (C=O) groups excluding carboxylic acids is 2. The van der Waals surface area contributed by atoms with E-state index in [0.717, 1.165) is 6.29 Å². The van der Waals surface area contributed by atoms with Gasteiger partial charge in [-0.05, 0) is 39.0 Å². The maximum atomic E-state index is 11.8. The van der Waals surface area contributed by atoms with E-state index in [-0.39, 0.29) is 12.0 Å². The number of nitrogens with zero attached hydrogens (tertiary/aromatic N) is 1. The highest BCUT2D eigenvalue weighted by Crippen LogP contribution is 2.29. The Morgan fingerprint density at radius 3 is 2.57 bits per heavy atom. The fraction of sp³-hybridized carbons (Fsp3) is 0.529. The lowest BCUT2D eigenvalue weighted by molar-refractivity contribution is -0.00796. The van der Waals surface area contributed by atoms with Crippen LogP contribution in [0, 0.1) is 5.92 Å². The predicted molar refractivity (Wildman–Crippen MR) is 85.2 cm³/mol. The zero-order valence-electron chi connectivity index (χ0n) is 14.0. The van der Waals surface area contributed by atoms with Gasteiger partial charge in [-0.1, -0.05) is 0 Å². The summed E-state index contributed by atoms with van der Waals surface area (Å²) < 4.78 is 16.3. The smallest absolute Gasteiger partial charge is 0.410 e. The maximum Gasteiger partial charge on any atom is 0.410 e. The number of amides is 1. The minimum Gasteiger partial charge on any atom is -0.493 e. The highest BCUT2D eigenvalue weighted by molar-refractivity contribution is 5.76. The van der Waals surface area contributed by atoms with Gasteiger partial charge < -0.3 is 19.1 Å². The molecule has 1 heterocycles. The molecule has 126 valence electrons. The lowest BCUT2D eigenvalue weighted by atomic mass is 10.0. The normalized spacial score (nSPS) is 14.9. The lowest BCUT2D eigenvalue weighted by Crippen LogP contribution is -2.53. The molecule has 2 rings (SSSR count). The van der Waals surface area contributed by atoms with E-state index in [2.05, 4.69) is 0 Å². The van der Waals surface area contributed by atoms with Crippen LogP contribution in [-0.2, 0) is 4.74 Å². The summed E-state index contributed by atoms with van der Waals surface area (Å²) in [7, 11) is 1.53. The Balaban J connectivity index is 1.81. The van der Waals surface area contributed by atoms with Gasteiger partial charge in [0.25, 0.3) is 0 Å². The Morgan fingerprint density at radius 2 is 2.00 bits per heavy atom. The molecule has 0 aliphatic carbocycles. The maximum absolute atomic E-state index is 11.8. The van der Waals surface area contributed by atoms with E-state index in [1.165, 1.54) is 7.11 Å². The Bertz CT molecular complexity index is 573. The molecule has 1 fully saturated rings. The molecule has 0 N–H and O–H groups in total. The quantitative estimate of drug-likeness (QED) is 0.780. The van der Waals surface area contributed by atoms with Crippen LogP contribution in [0.25, 0.3) is 0 Å². The van der Waals surface area contributed by atoms with Crippen molar-refractivity contribution < 1.29 is 23.8 Å². The molecule has 0 atom stereocenters. The van der Waals surface area contributed by atoms with Gasteiger partial charge in [-0.2, -0.15) is 0 Å². The monoisotopic (exact) mass is 321 g/mol. The average molecular weight is 321 g/mol. The van der Waals surface area contributed by atoms with Gasteiger partial charge >= 0.3 is 6.09 Å².